The second-order valence-corrected chi connectivity index (χ2v) is 4.21. The number of nitrogens with zero attached hydrogens (tertiary/aromatic N) is 1. The van der Waals surface area contributed by atoms with Crippen LogP contribution in [0.3, 0.4) is 0 Å². The summed E-state index contributed by atoms with van der Waals surface area (Å²) in [5, 5.41) is 10.0. The molecule has 0 aliphatic carbocycles. The van der Waals surface area contributed by atoms with Crippen LogP contribution in [0.5, 0.6) is 0 Å². The largest absolute Gasteiger partial charge is 0.478 e. The highest BCUT2D eigenvalue weighted by molar-refractivity contribution is 9.08. The van der Waals surface area contributed by atoms with Crippen LogP contribution in [0, 0.1) is 13.8 Å². The highest BCUT2D eigenvalue weighted by Crippen LogP contribution is 2.29. The lowest BCUT2D eigenvalue weighted by Gasteiger charge is -2.00. The first-order valence-corrected chi connectivity index (χ1v) is 5.25. The highest BCUT2D eigenvalue weighted by atomic mass is 79.9. The fourth-order valence-electron chi connectivity index (χ4n) is 1.74. The van der Waals surface area contributed by atoms with E-state index in [-0.39, 0.29) is 0 Å². The number of aromatic nitrogens is 1. The fourth-order valence-corrected chi connectivity index (χ4v) is 2.39. The van der Waals surface area contributed by atoms with Gasteiger partial charge in [0.2, 0.25) is 0 Å². The number of fused-ring (bicyclic) bond motifs is 1. The molecule has 0 spiro atoms. The van der Waals surface area contributed by atoms with Gasteiger partial charge in [0.15, 0.2) is 0 Å². The molecule has 78 valence electrons. The van der Waals surface area contributed by atoms with Crippen molar-refractivity contribution in [3.63, 3.8) is 0 Å². The Morgan fingerprint density at radius 2 is 2.07 bits per heavy atom. The van der Waals surface area contributed by atoms with Crippen molar-refractivity contribution in [2.75, 3.05) is 0 Å². The van der Waals surface area contributed by atoms with Crippen molar-refractivity contribution in [2.24, 2.45) is 0 Å². The van der Waals surface area contributed by atoms with Crippen LogP contribution in [0.25, 0.3) is 10.9 Å². The van der Waals surface area contributed by atoms with Crippen LogP contribution in [-0.2, 0) is 0 Å². The van der Waals surface area contributed by atoms with E-state index in [9.17, 15) is 4.79 Å². The average molecular weight is 268 g/mol. The van der Waals surface area contributed by atoms with Crippen LogP contribution in [0.2, 0.25) is 0 Å². The van der Waals surface area contributed by atoms with E-state index in [1.54, 1.807) is 15.7 Å². The van der Waals surface area contributed by atoms with Crippen molar-refractivity contribution in [3.8, 4) is 0 Å². The molecule has 0 aliphatic heterocycles. The standard InChI is InChI=1S/C11H10BrNO2/c1-6-7(2)13(12)10-8(6)4-3-5-9(10)11(14)15/h3-5H,1-2H3,(H,14,15). The molecule has 0 fully saturated rings. The molecular weight excluding hydrogens is 258 g/mol. The molecule has 4 heteroatoms. The molecule has 0 radical (unpaired) electrons. The third-order valence-corrected chi connectivity index (χ3v) is 3.59. The molecule has 0 saturated carbocycles. The predicted molar refractivity (Wildman–Crippen MR) is 62.7 cm³/mol. The van der Waals surface area contributed by atoms with Crippen molar-refractivity contribution in [3.05, 3.63) is 35.0 Å². The lowest BCUT2D eigenvalue weighted by molar-refractivity contribution is 0.0699. The van der Waals surface area contributed by atoms with E-state index in [0.29, 0.717) is 5.56 Å². The SMILES string of the molecule is Cc1c(C)n(Br)c2c(C(=O)O)cccc12. The van der Waals surface area contributed by atoms with E-state index in [1.165, 1.54) is 0 Å². The molecule has 1 aromatic heterocycles. The van der Waals surface area contributed by atoms with Crippen molar-refractivity contribution in [2.45, 2.75) is 13.8 Å². The lowest BCUT2D eigenvalue weighted by Crippen LogP contribution is -1.98. The lowest BCUT2D eigenvalue weighted by atomic mass is 10.1. The number of aromatic carboxylic acids is 1. The summed E-state index contributed by atoms with van der Waals surface area (Å²) in [7, 11) is 0. The minimum Gasteiger partial charge on any atom is -0.478 e. The van der Waals surface area contributed by atoms with Gasteiger partial charge < -0.3 is 5.11 Å². The predicted octanol–water partition coefficient (Wildman–Crippen LogP) is 3.11. The van der Waals surface area contributed by atoms with Crippen LogP contribution < -0.4 is 0 Å². The van der Waals surface area contributed by atoms with Gasteiger partial charge in [-0.15, -0.1) is 0 Å². The van der Waals surface area contributed by atoms with Gasteiger partial charge in [-0.1, -0.05) is 12.1 Å². The van der Waals surface area contributed by atoms with E-state index < -0.39 is 5.97 Å². The van der Waals surface area contributed by atoms with Gasteiger partial charge in [0.1, 0.15) is 0 Å². The Kier molecular flexibility index (Phi) is 2.31. The monoisotopic (exact) mass is 267 g/mol. The normalized spacial score (nSPS) is 10.9. The number of aryl methyl sites for hydroxylation is 1. The quantitative estimate of drug-likeness (QED) is 0.863. The van der Waals surface area contributed by atoms with Crippen LogP contribution >= 0.6 is 16.1 Å². The average Bonchev–Trinajstić information content (AvgIpc) is 2.44. The number of carbonyl (C=O) groups is 1. The summed E-state index contributed by atoms with van der Waals surface area (Å²) in [6.07, 6.45) is 0. The zero-order chi connectivity index (χ0) is 11.2. The maximum absolute atomic E-state index is 11.1. The van der Waals surface area contributed by atoms with E-state index >= 15 is 0 Å². The summed E-state index contributed by atoms with van der Waals surface area (Å²) in [5.41, 5.74) is 3.17. The molecule has 0 unspecified atom stereocenters. The minimum atomic E-state index is -0.904. The Morgan fingerprint density at radius 3 is 2.67 bits per heavy atom. The summed E-state index contributed by atoms with van der Waals surface area (Å²) in [4.78, 5) is 11.1. The molecule has 0 saturated heterocycles. The smallest absolute Gasteiger partial charge is 0.337 e. The summed E-state index contributed by atoms with van der Waals surface area (Å²) < 4.78 is 1.75. The van der Waals surface area contributed by atoms with Crippen molar-refractivity contribution in [1.29, 1.82) is 0 Å². The molecule has 2 aromatic rings. The summed E-state index contributed by atoms with van der Waals surface area (Å²) in [5.74, 6) is -0.904. The number of hydrogen-bond donors (Lipinski definition) is 1. The maximum atomic E-state index is 11.1. The van der Waals surface area contributed by atoms with Gasteiger partial charge >= 0.3 is 5.97 Å². The Morgan fingerprint density at radius 1 is 1.40 bits per heavy atom. The van der Waals surface area contributed by atoms with Crippen LogP contribution in [0.1, 0.15) is 21.6 Å². The van der Waals surface area contributed by atoms with Gasteiger partial charge in [-0.05, 0) is 25.5 Å². The van der Waals surface area contributed by atoms with Crippen molar-refractivity contribution in [1.82, 2.24) is 3.59 Å². The van der Waals surface area contributed by atoms with Crippen molar-refractivity contribution < 1.29 is 9.90 Å². The second kappa shape index (κ2) is 3.38. The molecule has 1 N–H and O–H groups in total. The maximum Gasteiger partial charge on any atom is 0.337 e. The Balaban J connectivity index is 2.98. The van der Waals surface area contributed by atoms with Gasteiger partial charge in [0.25, 0.3) is 0 Å². The number of carboxylic acids is 1. The highest BCUT2D eigenvalue weighted by Gasteiger charge is 2.15. The summed E-state index contributed by atoms with van der Waals surface area (Å²) in [6.45, 7) is 3.94. The Labute approximate surface area is 95.7 Å². The number of halogens is 1. The van der Waals surface area contributed by atoms with Gasteiger partial charge in [0, 0.05) is 11.1 Å². The molecule has 0 aliphatic rings. The summed E-state index contributed by atoms with van der Waals surface area (Å²) in [6, 6.07) is 5.31. The summed E-state index contributed by atoms with van der Waals surface area (Å²) >= 11 is 3.37. The zero-order valence-corrected chi connectivity index (χ0v) is 10.00. The third-order valence-electron chi connectivity index (χ3n) is 2.70. The number of benzene rings is 1. The molecule has 1 heterocycles. The number of rotatable bonds is 1. The second-order valence-electron chi connectivity index (χ2n) is 3.50. The zero-order valence-electron chi connectivity index (χ0n) is 8.41. The molecule has 0 amide bonds. The minimum absolute atomic E-state index is 0.320. The van der Waals surface area contributed by atoms with Crippen molar-refractivity contribution >= 4 is 33.0 Å². The molecular formula is C11H10BrNO2. The Bertz CT molecular complexity index is 557. The van der Waals surface area contributed by atoms with E-state index in [4.69, 9.17) is 5.11 Å². The topological polar surface area (TPSA) is 42.2 Å². The fraction of sp³-hybridized carbons (Fsp3) is 0.182. The first-order chi connectivity index (χ1) is 7.04. The molecule has 3 nitrogen and oxygen atoms in total. The first kappa shape index (κ1) is 10.2. The van der Waals surface area contributed by atoms with Crippen LogP contribution in [0.15, 0.2) is 18.2 Å². The number of hydrogen-bond acceptors (Lipinski definition) is 1. The number of para-hydroxylation sites is 1. The van der Waals surface area contributed by atoms with Crippen LogP contribution in [0.4, 0.5) is 0 Å². The number of carboxylic acid groups (broad SMARTS) is 1. The Hall–Kier alpha value is -1.29. The molecule has 0 bridgehead atoms. The van der Waals surface area contributed by atoms with E-state index in [2.05, 4.69) is 16.1 Å². The van der Waals surface area contributed by atoms with Gasteiger partial charge in [-0.3, -0.25) is 3.59 Å². The molecule has 2 rings (SSSR count). The van der Waals surface area contributed by atoms with E-state index in [0.717, 1.165) is 22.2 Å². The first-order valence-electron chi connectivity index (χ1n) is 4.54. The third kappa shape index (κ3) is 1.36. The molecule has 0 atom stereocenters. The molecule has 15 heavy (non-hydrogen) atoms. The van der Waals surface area contributed by atoms with Gasteiger partial charge in [-0.2, -0.15) is 0 Å². The molecule has 1 aromatic carbocycles. The van der Waals surface area contributed by atoms with E-state index in [1.807, 2.05) is 19.9 Å². The van der Waals surface area contributed by atoms with Crippen LogP contribution in [-0.4, -0.2) is 14.7 Å². The van der Waals surface area contributed by atoms with Gasteiger partial charge in [-0.25, -0.2) is 4.79 Å². The van der Waals surface area contributed by atoms with Gasteiger partial charge in [0.05, 0.1) is 27.2 Å².